The summed E-state index contributed by atoms with van der Waals surface area (Å²) in [7, 11) is -1.49. The average molecular weight is 375 g/mol. The van der Waals surface area contributed by atoms with Crippen LogP contribution in [-0.4, -0.2) is 55.3 Å². The highest BCUT2D eigenvalue weighted by Gasteiger charge is 2.49. The molecule has 2 unspecified atom stereocenters. The monoisotopic (exact) mass is 374 g/mol. The topological polar surface area (TPSA) is 76.0 Å². The van der Waals surface area contributed by atoms with Crippen LogP contribution in [0, 0.1) is 0 Å². The van der Waals surface area contributed by atoms with Crippen molar-refractivity contribution in [2.45, 2.75) is 11.3 Å². The Kier molecular flexibility index (Phi) is 4.57. The van der Waals surface area contributed by atoms with E-state index in [0.717, 1.165) is 5.69 Å². The molecule has 2 aliphatic rings. The summed E-state index contributed by atoms with van der Waals surface area (Å²) in [6, 6.07) is 7.01. The molecule has 0 radical (unpaired) electrons. The molecular weight excluding hydrogens is 360 g/mol. The molecule has 2 atom stereocenters. The molecule has 0 N–H and O–H groups in total. The summed E-state index contributed by atoms with van der Waals surface area (Å²) >= 11 is 6.86. The number of ether oxygens (including phenoxy) is 1. The van der Waals surface area contributed by atoms with E-state index in [9.17, 15) is 13.2 Å². The van der Waals surface area contributed by atoms with Gasteiger partial charge in [0.1, 0.15) is 11.6 Å². The maximum atomic E-state index is 11.9. The van der Waals surface area contributed by atoms with Crippen LogP contribution in [0.4, 0.5) is 5.69 Å². The molecule has 1 amide bonds. The van der Waals surface area contributed by atoms with Gasteiger partial charge in [0.15, 0.2) is 15.0 Å². The number of amides is 1. The Morgan fingerprint density at radius 1 is 1.39 bits per heavy atom. The van der Waals surface area contributed by atoms with Gasteiger partial charge in [0.05, 0.1) is 24.7 Å². The Hall–Kier alpha value is -1.25. The number of rotatable bonds is 3. The SMILES string of the molecule is COc1ccc(N2C(=NC(=O)CCl)SC3CS(=O)(=O)CC32)cc1. The molecule has 1 aromatic rings. The van der Waals surface area contributed by atoms with Crippen LogP contribution in [0.15, 0.2) is 29.3 Å². The first kappa shape index (κ1) is 16.6. The number of aliphatic imine (C=N–C) groups is 1. The number of fused-ring (bicyclic) bond motifs is 1. The lowest BCUT2D eigenvalue weighted by molar-refractivity contribution is -0.115. The van der Waals surface area contributed by atoms with Crippen molar-refractivity contribution in [1.82, 2.24) is 0 Å². The average Bonchev–Trinajstić information content (AvgIpc) is 2.98. The zero-order chi connectivity index (χ0) is 16.6. The van der Waals surface area contributed by atoms with Gasteiger partial charge < -0.3 is 9.64 Å². The normalized spacial score (nSPS) is 27.2. The second kappa shape index (κ2) is 6.33. The summed E-state index contributed by atoms with van der Waals surface area (Å²) in [5.74, 6) is 0.226. The van der Waals surface area contributed by atoms with E-state index in [1.54, 1.807) is 19.2 Å². The van der Waals surface area contributed by atoms with E-state index in [4.69, 9.17) is 16.3 Å². The zero-order valence-electron chi connectivity index (χ0n) is 12.3. The van der Waals surface area contributed by atoms with Crippen molar-refractivity contribution in [3.05, 3.63) is 24.3 Å². The summed E-state index contributed by atoms with van der Waals surface area (Å²) < 4.78 is 29.0. The minimum Gasteiger partial charge on any atom is -0.497 e. The fourth-order valence-corrected chi connectivity index (χ4v) is 6.74. The molecule has 1 aromatic carbocycles. The van der Waals surface area contributed by atoms with Crippen LogP contribution in [0.5, 0.6) is 5.75 Å². The molecule has 2 aliphatic heterocycles. The molecule has 0 aliphatic carbocycles. The van der Waals surface area contributed by atoms with Gasteiger partial charge in [-0.05, 0) is 24.3 Å². The molecule has 0 saturated carbocycles. The lowest BCUT2D eigenvalue weighted by atomic mass is 10.2. The first-order valence-electron chi connectivity index (χ1n) is 6.91. The van der Waals surface area contributed by atoms with Gasteiger partial charge in [-0.15, -0.1) is 11.6 Å². The van der Waals surface area contributed by atoms with E-state index in [0.29, 0.717) is 10.9 Å². The Balaban J connectivity index is 1.99. The van der Waals surface area contributed by atoms with Crippen LogP contribution in [0.1, 0.15) is 0 Å². The molecule has 3 rings (SSSR count). The number of methoxy groups -OCH3 is 1. The maximum absolute atomic E-state index is 11.9. The van der Waals surface area contributed by atoms with Crippen molar-refractivity contribution >= 4 is 50.0 Å². The van der Waals surface area contributed by atoms with E-state index in [1.165, 1.54) is 11.8 Å². The van der Waals surface area contributed by atoms with Gasteiger partial charge in [0.25, 0.3) is 5.91 Å². The first-order chi connectivity index (χ1) is 10.9. The number of carbonyl (C=O) groups excluding carboxylic acids is 1. The van der Waals surface area contributed by atoms with E-state index in [1.807, 2.05) is 17.0 Å². The minimum absolute atomic E-state index is 0.0603. The van der Waals surface area contributed by atoms with Crippen LogP contribution >= 0.6 is 23.4 Å². The molecule has 2 heterocycles. The zero-order valence-corrected chi connectivity index (χ0v) is 14.7. The van der Waals surface area contributed by atoms with Crippen molar-refractivity contribution < 1.29 is 17.9 Å². The van der Waals surface area contributed by atoms with Crippen molar-refractivity contribution in [1.29, 1.82) is 0 Å². The van der Waals surface area contributed by atoms with Gasteiger partial charge in [0, 0.05) is 10.9 Å². The number of sulfone groups is 1. The third-order valence-electron chi connectivity index (χ3n) is 3.75. The fourth-order valence-electron chi connectivity index (χ4n) is 2.75. The van der Waals surface area contributed by atoms with Crippen molar-refractivity contribution in [2.24, 2.45) is 4.99 Å². The number of anilines is 1. The smallest absolute Gasteiger partial charge is 0.262 e. The summed E-state index contributed by atoms with van der Waals surface area (Å²) in [6.45, 7) is 0. The molecule has 124 valence electrons. The summed E-state index contributed by atoms with van der Waals surface area (Å²) in [4.78, 5) is 17.5. The van der Waals surface area contributed by atoms with Crippen LogP contribution in [0.25, 0.3) is 0 Å². The molecule has 2 fully saturated rings. The molecule has 23 heavy (non-hydrogen) atoms. The van der Waals surface area contributed by atoms with Crippen LogP contribution in [-0.2, 0) is 14.6 Å². The summed E-state index contributed by atoms with van der Waals surface area (Å²) in [6.07, 6.45) is 0. The first-order valence-corrected chi connectivity index (χ1v) is 10.1. The lowest BCUT2D eigenvalue weighted by Gasteiger charge is -2.24. The molecule has 2 saturated heterocycles. The third kappa shape index (κ3) is 3.34. The van der Waals surface area contributed by atoms with Crippen LogP contribution in [0.3, 0.4) is 0 Å². The molecule has 9 heteroatoms. The van der Waals surface area contributed by atoms with Crippen molar-refractivity contribution in [3.8, 4) is 5.75 Å². The fraction of sp³-hybridized carbons (Fsp3) is 0.429. The molecule has 0 bridgehead atoms. The summed E-state index contributed by atoms with van der Waals surface area (Å²) in [5, 5.41) is 0.384. The van der Waals surface area contributed by atoms with E-state index < -0.39 is 15.7 Å². The molecule has 6 nitrogen and oxygen atoms in total. The Bertz CT molecular complexity index is 749. The van der Waals surface area contributed by atoms with Gasteiger partial charge >= 0.3 is 0 Å². The third-order valence-corrected chi connectivity index (χ3v) is 7.19. The van der Waals surface area contributed by atoms with Crippen LogP contribution < -0.4 is 9.64 Å². The molecule has 0 aromatic heterocycles. The Morgan fingerprint density at radius 2 is 2.09 bits per heavy atom. The number of amidine groups is 1. The highest BCUT2D eigenvalue weighted by molar-refractivity contribution is 8.16. The highest BCUT2D eigenvalue weighted by Crippen LogP contribution is 2.41. The largest absolute Gasteiger partial charge is 0.497 e. The van der Waals surface area contributed by atoms with Gasteiger partial charge in [0.2, 0.25) is 0 Å². The molecule has 0 spiro atoms. The summed E-state index contributed by atoms with van der Waals surface area (Å²) in [5.41, 5.74) is 0.782. The number of halogens is 1. The van der Waals surface area contributed by atoms with Gasteiger partial charge in [-0.1, -0.05) is 11.8 Å². The second-order valence-electron chi connectivity index (χ2n) is 5.29. The number of benzene rings is 1. The van der Waals surface area contributed by atoms with E-state index >= 15 is 0 Å². The van der Waals surface area contributed by atoms with Gasteiger partial charge in [-0.3, -0.25) is 4.79 Å². The van der Waals surface area contributed by atoms with Crippen molar-refractivity contribution in [2.75, 3.05) is 29.4 Å². The quantitative estimate of drug-likeness (QED) is 0.747. The van der Waals surface area contributed by atoms with Gasteiger partial charge in [-0.2, -0.15) is 4.99 Å². The van der Waals surface area contributed by atoms with E-state index in [2.05, 4.69) is 4.99 Å². The standard InChI is InChI=1S/C14H15ClN2O4S2/c1-21-10-4-2-9(3-5-10)17-11-7-23(19,20)8-12(11)22-14(17)16-13(18)6-15/h2-5,11-12H,6-8H2,1H3. The number of hydrogen-bond donors (Lipinski definition) is 0. The minimum atomic E-state index is -3.07. The highest BCUT2D eigenvalue weighted by atomic mass is 35.5. The van der Waals surface area contributed by atoms with E-state index in [-0.39, 0.29) is 28.7 Å². The maximum Gasteiger partial charge on any atom is 0.262 e. The second-order valence-corrected chi connectivity index (χ2v) is 8.92. The predicted molar refractivity (Wildman–Crippen MR) is 92.5 cm³/mol. The Labute approximate surface area is 143 Å². The number of thioether (sulfide) groups is 1. The van der Waals surface area contributed by atoms with Crippen molar-refractivity contribution in [3.63, 3.8) is 0 Å². The lowest BCUT2D eigenvalue weighted by Crippen LogP contribution is -2.37. The number of nitrogens with zero attached hydrogens (tertiary/aromatic N) is 2. The number of carbonyl (C=O) groups is 1. The number of hydrogen-bond acceptors (Lipinski definition) is 5. The predicted octanol–water partition coefficient (Wildman–Crippen LogP) is 1.54. The number of alkyl halides is 1. The Morgan fingerprint density at radius 3 is 2.70 bits per heavy atom. The molecular formula is C14H15ClN2O4S2. The van der Waals surface area contributed by atoms with Crippen LogP contribution in [0.2, 0.25) is 0 Å². The van der Waals surface area contributed by atoms with Gasteiger partial charge in [-0.25, -0.2) is 8.42 Å².